The predicted molar refractivity (Wildman–Crippen MR) is 166 cm³/mol. The zero-order valence-electron chi connectivity index (χ0n) is 28.1. The lowest BCUT2D eigenvalue weighted by atomic mass is 9.43. The van der Waals surface area contributed by atoms with E-state index in [4.69, 9.17) is 23.7 Å². The number of hydrogen-bond acceptors (Lipinski definition) is 13. The van der Waals surface area contributed by atoms with Crippen molar-refractivity contribution in [1.29, 1.82) is 0 Å². The van der Waals surface area contributed by atoms with Crippen LogP contribution in [0.3, 0.4) is 0 Å². The molecule has 2 saturated heterocycles. The Labute approximate surface area is 281 Å². The van der Waals surface area contributed by atoms with Gasteiger partial charge in [0, 0.05) is 11.5 Å². The van der Waals surface area contributed by atoms with Gasteiger partial charge in [-0.2, -0.15) is 0 Å². The van der Waals surface area contributed by atoms with Crippen LogP contribution < -0.4 is 0 Å². The molecule has 0 radical (unpaired) electrons. The van der Waals surface area contributed by atoms with Crippen LogP contribution in [0.2, 0.25) is 0 Å². The maximum Gasteiger partial charge on any atom is 0.331 e. The van der Waals surface area contributed by atoms with E-state index < -0.39 is 73.6 Å². The Morgan fingerprint density at radius 2 is 1.56 bits per heavy atom. The third-order valence-electron chi connectivity index (χ3n) is 14.2. The van der Waals surface area contributed by atoms with Gasteiger partial charge in [-0.15, -0.1) is 0 Å². The van der Waals surface area contributed by atoms with E-state index in [1.807, 2.05) is 0 Å². The minimum atomic E-state index is -1.65. The lowest BCUT2D eigenvalue weighted by Gasteiger charge is -2.64. The summed E-state index contributed by atoms with van der Waals surface area (Å²) in [6.45, 7) is 5.97. The summed E-state index contributed by atoms with van der Waals surface area (Å²) in [6.07, 6.45) is -4.12. The molecule has 0 aromatic rings. The quantitative estimate of drug-likeness (QED) is 0.149. The molecule has 0 unspecified atom stereocenters. The zero-order valence-corrected chi connectivity index (χ0v) is 28.1. The lowest BCUT2D eigenvalue weighted by molar-refractivity contribution is -0.360. The molecule has 18 atom stereocenters. The summed E-state index contributed by atoms with van der Waals surface area (Å²) in [6, 6.07) is 0. The number of rotatable bonds is 6. The summed E-state index contributed by atoms with van der Waals surface area (Å²) in [7, 11) is 0. The van der Waals surface area contributed by atoms with Crippen molar-refractivity contribution < 1.29 is 64.2 Å². The molecule has 6 fully saturated rings. The number of ether oxygens (including phenoxy) is 5. The first kappa shape index (κ1) is 35.2. The fourth-order valence-electron chi connectivity index (χ4n) is 11.3. The first-order chi connectivity index (χ1) is 22.7. The summed E-state index contributed by atoms with van der Waals surface area (Å²) < 4.78 is 28.8. The summed E-state index contributed by atoms with van der Waals surface area (Å²) in [5.41, 5.74) is 0.00280. The molecule has 7 rings (SSSR count). The highest BCUT2D eigenvalue weighted by molar-refractivity contribution is 5.85. The van der Waals surface area contributed by atoms with E-state index in [9.17, 15) is 40.5 Å². The van der Waals surface area contributed by atoms with Crippen molar-refractivity contribution in [3.63, 3.8) is 0 Å². The Hall–Kier alpha value is -1.23. The van der Waals surface area contributed by atoms with Gasteiger partial charge in [0.05, 0.1) is 24.4 Å². The van der Waals surface area contributed by atoms with E-state index >= 15 is 0 Å². The Kier molecular flexibility index (Phi) is 9.36. The topological polar surface area (TPSA) is 205 Å². The highest BCUT2D eigenvalue weighted by Gasteiger charge is 2.68. The number of carbonyl (C=O) groups is 1. The van der Waals surface area contributed by atoms with Gasteiger partial charge < -0.3 is 59.4 Å². The number of esters is 1. The second-order valence-electron chi connectivity index (χ2n) is 16.3. The van der Waals surface area contributed by atoms with Crippen molar-refractivity contribution in [2.45, 2.75) is 152 Å². The van der Waals surface area contributed by atoms with Gasteiger partial charge in [-0.25, -0.2) is 4.79 Å². The number of hydrogen-bond donors (Lipinski definition) is 7. The summed E-state index contributed by atoms with van der Waals surface area (Å²) in [5, 5.41) is 74.7. The molecule has 13 nitrogen and oxygen atoms in total. The molecule has 4 aliphatic carbocycles. The van der Waals surface area contributed by atoms with Crippen LogP contribution in [0.5, 0.6) is 0 Å². The molecule has 48 heavy (non-hydrogen) atoms. The number of aliphatic hydroxyl groups is 7. The molecule has 13 heteroatoms. The van der Waals surface area contributed by atoms with Crippen LogP contribution in [0.15, 0.2) is 11.6 Å². The number of carbonyl (C=O) groups excluding carboxylic acids is 1. The first-order valence-corrected chi connectivity index (χ1v) is 17.9. The Balaban J connectivity index is 0.977. The smallest absolute Gasteiger partial charge is 0.331 e. The molecule has 0 bridgehead atoms. The minimum absolute atomic E-state index is 0.0345. The Bertz CT molecular complexity index is 1240. The molecule has 3 aliphatic heterocycles. The molecule has 0 aromatic carbocycles. The standard InChI is InChI=1S/C35H54O13/c1-16-30(48-32-28(41)26(39)25(38)23(14-36)47-32)27(40)29(42)31(45-16)46-19-6-9-33(2)18(13-19)4-5-22-21(33)7-10-34(3)20(8-11-35(22,34)43)17-12-24(37)44-15-17/h12,16,18-23,25-32,36,38-43H,4-11,13-15H2,1-3H3/t16-,18+,19+,20-,21-,22-,23-,25-,26+,27-,28-,29-,30+,31+,32+,33+,34-,35+/m1/s1. The molecule has 3 heterocycles. The van der Waals surface area contributed by atoms with Gasteiger partial charge in [-0.1, -0.05) is 13.8 Å². The molecule has 0 spiro atoms. The number of cyclic esters (lactones) is 1. The van der Waals surface area contributed by atoms with Crippen LogP contribution in [0.25, 0.3) is 0 Å². The molecule has 7 aliphatic rings. The van der Waals surface area contributed by atoms with Gasteiger partial charge in [0.25, 0.3) is 0 Å². The Morgan fingerprint density at radius 1 is 0.833 bits per heavy atom. The van der Waals surface area contributed by atoms with Crippen molar-refractivity contribution in [2.24, 2.45) is 34.5 Å². The summed E-state index contributed by atoms with van der Waals surface area (Å²) in [5.74, 6) is 0.825. The van der Waals surface area contributed by atoms with E-state index in [2.05, 4.69) is 13.8 Å². The normalized spacial score (nSPS) is 55.3. The number of fused-ring (bicyclic) bond motifs is 5. The van der Waals surface area contributed by atoms with Gasteiger partial charge >= 0.3 is 5.97 Å². The monoisotopic (exact) mass is 682 g/mol. The summed E-state index contributed by atoms with van der Waals surface area (Å²) in [4.78, 5) is 11.9. The fraction of sp³-hybridized carbons (Fsp3) is 0.914. The maximum absolute atomic E-state index is 12.5. The molecular formula is C35H54O13. The van der Waals surface area contributed by atoms with Crippen LogP contribution in [-0.4, -0.2) is 128 Å². The highest BCUT2D eigenvalue weighted by atomic mass is 16.7. The SMILES string of the molecule is C[C@H]1O[C@@H](O[C@H]2CC[C@@]3(C)[C@@H](CC[C@@H]4[C@H]3CC[C@]3(C)[C@@H](C5=CC(=O)OC5)CC[C@]43O)C2)[C@H](O)[C@@H](O)[C@H]1O[C@@H]1O[C@H](CO)[C@@H](O)[C@H](O)[C@H]1O. The van der Waals surface area contributed by atoms with Crippen LogP contribution in [0.1, 0.15) is 78.6 Å². The maximum atomic E-state index is 12.5. The van der Waals surface area contributed by atoms with Gasteiger partial charge in [-0.3, -0.25) is 0 Å². The van der Waals surface area contributed by atoms with Gasteiger partial charge in [0.1, 0.15) is 49.3 Å². The van der Waals surface area contributed by atoms with Crippen molar-refractivity contribution in [3.8, 4) is 0 Å². The van der Waals surface area contributed by atoms with Crippen LogP contribution in [0.4, 0.5) is 0 Å². The second kappa shape index (κ2) is 12.8. The predicted octanol–water partition coefficient (Wildman–Crippen LogP) is 0.280. The third-order valence-corrected chi connectivity index (χ3v) is 14.2. The minimum Gasteiger partial charge on any atom is -0.458 e. The second-order valence-corrected chi connectivity index (χ2v) is 16.3. The lowest BCUT2D eigenvalue weighted by Crippen LogP contribution is -2.64. The Morgan fingerprint density at radius 3 is 2.27 bits per heavy atom. The third kappa shape index (κ3) is 5.42. The van der Waals surface area contributed by atoms with Crippen molar-refractivity contribution in [2.75, 3.05) is 13.2 Å². The van der Waals surface area contributed by atoms with E-state index in [0.717, 1.165) is 63.4 Å². The van der Waals surface area contributed by atoms with Crippen molar-refractivity contribution in [3.05, 3.63) is 11.6 Å². The average molecular weight is 683 g/mol. The average Bonchev–Trinajstić information content (AvgIpc) is 3.61. The molecule has 4 saturated carbocycles. The molecule has 7 N–H and O–H groups in total. The van der Waals surface area contributed by atoms with E-state index in [0.29, 0.717) is 18.4 Å². The molecule has 272 valence electrons. The molecule has 0 aromatic heterocycles. The largest absolute Gasteiger partial charge is 0.458 e. The zero-order chi connectivity index (χ0) is 34.3. The van der Waals surface area contributed by atoms with E-state index in [-0.39, 0.29) is 34.7 Å². The highest BCUT2D eigenvalue weighted by Crippen LogP contribution is 2.70. The van der Waals surface area contributed by atoms with Crippen molar-refractivity contribution in [1.82, 2.24) is 0 Å². The summed E-state index contributed by atoms with van der Waals surface area (Å²) >= 11 is 0. The molecular weight excluding hydrogens is 628 g/mol. The first-order valence-electron chi connectivity index (χ1n) is 17.9. The van der Waals surface area contributed by atoms with Gasteiger partial charge in [0.2, 0.25) is 0 Å². The van der Waals surface area contributed by atoms with Gasteiger partial charge in [-0.05, 0) is 99.4 Å². The van der Waals surface area contributed by atoms with Crippen molar-refractivity contribution >= 4 is 5.97 Å². The van der Waals surface area contributed by atoms with Crippen LogP contribution in [0, 0.1) is 34.5 Å². The molecule has 0 amide bonds. The van der Waals surface area contributed by atoms with E-state index in [1.165, 1.54) is 0 Å². The van der Waals surface area contributed by atoms with Crippen LogP contribution >= 0.6 is 0 Å². The fourth-order valence-corrected chi connectivity index (χ4v) is 11.3. The van der Waals surface area contributed by atoms with Crippen LogP contribution in [-0.2, 0) is 28.5 Å². The van der Waals surface area contributed by atoms with Gasteiger partial charge in [0.15, 0.2) is 12.6 Å². The number of aliphatic hydroxyl groups excluding tert-OH is 6. The van der Waals surface area contributed by atoms with E-state index in [1.54, 1.807) is 13.0 Å².